The second kappa shape index (κ2) is 4.17. The average molecular weight is 233 g/mol. The average Bonchev–Trinajstić information content (AvgIpc) is 2.05. The maximum Gasteiger partial charge on any atom is 0.168 e. The van der Waals surface area contributed by atoms with Crippen molar-refractivity contribution < 1.29 is 0 Å². The molecule has 0 aliphatic rings. The number of rotatable bonds is 1. The molecule has 0 unspecified atom stereocenters. The summed E-state index contributed by atoms with van der Waals surface area (Å²) in [4.78, 5) is 0.662. The van der Waals surface area contributed by atoms with Crippen LogP contribution >= 0.6 is 36.4 Å². The zero-order chi connectivity index (χ0) is 10.0. The lowest BCUT2D eigenvalue weighted by atomic mass is 10.2. The third kappa shape index (κ3) is 2.49. The summed E-state index contributed by atoms with van der Waals surface area (Å²) < 4.78 is 0. The maximum atomic E-state index is 5.87. The van der Waals surface area contributed by atoms with E-state index >= 15 is 0 Å². The molecule has 1 aromatic rings. The minimum Gasteiger partial charge on any atom is -0.376 e. The van der Waals surface area contributed by atoms with Gasteiger partial charge in [0.15, 0.2) is 5.11 Å². The van der Waals surface area contributed by atoms with Gasteiger partial charge in [0.1, 0.15) is 0 Å². The third-order valence-corrected chi connectivity index (χ3v) is 2.60. The van der Waals surface area contributed by atoms with Gasteiger partial charge in [-0.2, -0.15) is 0 Å². The molecule has 1 aromatic carbocycles. The van der Waals surface area contributed by atoms with E-state index in [-0.39, 0.29) is 5.11 Å². The van der Waals surface area contributed by atoms with E-state index in [0.29, 0.717) is 9.92 Å². The monoisotopic (exact) mass is 232 g/mol. The van der Waals surface area contributed by atoms with Crippen LogP contribution in [-0.2, 0) is 0 Å². The van der Waals surface area contributed by atoms with Crippen molar-refractivity contribution in [1.82, 2.24) is 0 Å². The SMILES string of the molecule is Cc1ccc(Cl)c(S)c1NC(N)=S. The van der Waals surface area contributed by atoms with Crippen molar-refractivity contribution in [3.05, 3.63) is 22.7 Å². The highest BCUT2D eigenvalue weighted by molar-refractivity contribution is 7.81. The Kier molecular flexibility index (Phi) is 3.41. The zero-order valence-corrected chi connectivity index (χ0v) is 9.43. The number of hydrogen-bond donors (Lipinski definition) is 3. The van der Waals surface area contributed by atoms with Gasteiger partial charge in [0, 0.05) is 4.90 Å². The highest BCUT2D eigenvalue weighted by atomic mass is 35.5. The molecule has 13 heavy (non-hydrogen) atoms. The van der Waals surface area contributed by atoms with Gasteiger partial charge in [0.2, 0.25) is 0 Å². The fourth-order valence-corrected chi connectivity index (χ4v) is 1.51. The summed E-state index contributed by atoms with van der Waals surface area (Å²) in [7, 11) is 0. The van der Waals surface area contributed by atoms with Crippen LogP contribution in [0.4, 0.5) is 5.69 Å². The van der Waals surface area contributed by atoms with Crippen molar-refractivity contribution in [1.29, 1.82) is 0 Å². The number of thiocarbonyl (C=S) groups is 1. The van der Waals surface area contributed by atoms with Crippen LogP contribution in [0.3, 0.4) is 0 Å². The number of halogens is 1. The molecule has 0 radical (unpaired) electrons. The normalized spacial score (nSPS) is 9.77. The molecular formula is C8H9ClN2S2. The van der Waals surface area contributed by atoms with E-state index in [1.54, 1.807) is 6.07 Å². The summed E-state index contributed by atoms with van der Waals surface area (Å²) in [6, 6.07) is 3.66. The molecule has 0 bridgehead atoms. The molecule has 70 valence electrons. The Morgan fingerprint density at radius 1 is 1.62 bits per heavy atom. The summed E-state index contributed by atoms with van der Waals surface area (Å²) in [5.74, 6) is 0. The molecule has 0 heterocycles. The number of anilines is 1. The summed E-state index contributed by atoms with van der Waals surface area (Å²) >= 11 is 14.8. The minimum atomic E-state index is 0.209. The highest BCUT2D eigenvalue weighted by Crippen LogP contribution is 2.30. The van der Waals surface area contributed by atoms with E-state index in [2.05, 4.69) is 17.9 Å². The fourth-order valence-electron chi connectivity index (χ4n) is 0.948. The van der Waals surface area contributed by atoms with Crippen LogP contribution in [0.1, 0.15) is 5.56 Å². The number of nitrogens with one attached hydrogen (secondary N) is 1. The largest absolute Gasteiger partial charge is 0.376 e. The predicted molar refractivity (Wildman–Crippen MR) is 63.8 cm³/mol. The molecule has 0 aliphatic heterocycles. The van der Waals surface area contributed by atoms with Gasteiger partial charge >= 0.3 is 0 Å². The molecule has 0 amide bonds. The predicted octanol–water partition coefficient (Wildman–Crippen LogP) is 2.59. The summed E-state index contributed by atoms with van der Waals surface area (Å²) in [6.07, 6.45) is 0. The molecule has 0 aliphatic carbocycles. The lowest BCUT2D eigenvalue weighted by Gasteiger charge is -2.11. The standard InChI is InChI=1S/C8H9ClN2S2/c1-4-2-3-5(9)7(12)6(4)11-8(10)13/h2-3,12H,1H3,(H3,10,11,13). The molecule has 2 nitrogen and oxygen atoms in total. The van der Waals surface area contributed by atoms with Gasteiger partial charge in [-0.15, -0.1) is 12.6 Å². The van der Waals surface area contributed by atoms with Gasteiger partial charge in [-0.3, -0.25) is 0 Å². The highest BCUT2D eigenvalue weighted by Gasteiger charge is 2.06. The molecule has 0 fully saturated rings. The van der Waals surface area contributed by atoms with Crippen LogP contribution < -0.4 is 11.1 Å². The minimum absolute atomic E-state index is 0.209. The maximum absolute atomic E-state index is 5.87. The second-order valence-electron chi connectivity index (χ2n) is 2.58. The van der Waals surface area contributed by atoms with Gasteiger partial charge in [-0.1, -0.05) is 17.7 Å². The van der Waals surface area contributed by atoms with E-state index in [9.17, 15) is 0 Å². The third-order valence-electron chi connectivity index (χ3n) is 1.59. The zero-order valence-electron chi connectivity index (χ0n) is 6.97. The first-order chi connectivity index (χ1) is 6.02. The summed E-state index contributed by atoms with van der Waals surface area (Å²) in [6.45, 7) is 1.93. The molecule has 0 saturated heterocycles. The Morgan fingerprint density at radius 2 is 2.23 bits per heavy atom. The molecule has 0 spiro atoms. The molecule has 0 aromatic heterocycles. The molecule has 0 atom stereocenters. The van der Waals surface area contributed by atoms with Crippen molar-refractivity contribution in [2.75, 3.05) is 5.32 Å². The summed E-state index contributed by atoms with van der Waals surface area (Å²) in [5.41, 5.74) is 7.12. The van der Waals surface area contributed by atoms with Gasteiger partial charge in [-0.25, -0.2) is 0 Å². The van der Waals surface area contributed by atoms with E-state index in [0.717, 1.165) is 11.3 Å². The van der Waals surface area contributed by atoms with Crippen LogP contribution in [0.5, 0.6) is 0 Å². The quantitative estimate of drug-likeness (QED) is 0.515. The van der Waals surface area contributed by atoms with Gasteiger partial charge in [0.05, 0.1) is 10.7 Å². The van der Waals surface area contributed by atoms with E-state index in [1.165, 1.54) is 0 Å². The topological polar surface area (TPSA) is 38.0 Å². The summed E-state index contributed by atoms with van der Waals surface area (Å²) in [5, 5.41) is 3.62. The number of nitrogens with two attached hydrogens (primary N) is 1. The fraction of sp³-hybridized carbons (Fsp3) is 0.125. The Labute approximate surface area is 92.9 Å². The molecule has 5 heteroatoms. The number of benzene rings is 1. The van der Waals surface area contributed by atoms with Crippen molar-refractivity contribution in [3.8, 4) is 0 Å². The van der Waals surface area contributed by atoms with Gasteiger partial charge in [0.25, 0.3) is 0 Å². The van der Waals surface area contributed by atoms with Gasteiger partial charge < -0.3 is 11.1 Å². The lowest BCUT2D eigenvalue weighted by Crippen LogP contribution is -2.19. The Balaban J connectivity index is 3.17. The van der Waals surface area contributed by atoms with Crippen molar-refractivity contribution in [2.45, 2.75) is 11.8 Å². The number of hydrogen-bond acceptors (Lipinski definition) is 2. The Morgan fingerprint density at radius 3 is 2.77 bits per heavy atom. The van der Waals surface area contributed by atoms with E-state index in [1.807, 2.05) is 13.0 Å². The first-order valence-electron chi connectivity index (χ1n) is 3.57. The first-order valence-corrected chi connectivity index (χ1v) is 4.80. The van der Waals surface area contributed by atoms with Crippen molar-refractivity contribution >= 4 is 47.2 Å². The van der Waals surface area contributed by atoms with Crippen LogP contribution in [0.25, 0.3) is 0 Å². The van der Waals surface area contributed by atoms with Crippen molar-refractivity contribution in [3.63, 3.8) is 0 Å². The van der Waals surface area contributed by atoms with E-state index in [4.69, 9.17) is 29.6 Å². The molecular weight excluding hydrogens is 224 g/mol. The smallest absolute Gasteiger partial charge is 0.168 e. The van der Waals surface area contributed by atoms with Crippen LogP contribution in [0, 0.1) is 6.92 Å². The number of thiol groups is 1. The lowest BCUT2D eigenvalue weighted by molar-refractivity contribution is 1.36. The Hall–Kier alpha value is -0.450. The first kappa shape index (κ1) is 10.6. The number of aryl methyl sites for hydroxylation is 1. The Bertz CT molecular complexity index is 352. The molecule has 0 saturated carbocycles. The van der Waals surface area contributed by atoms with Crippen LogP contribution in [0.15, 0.2) is 17.0 Å². The van der Waals surface area contributed by atoms with E-state index < -0.39 is 0 Å². The van der Waals surface area contributed by atoms with Crippen molar-refractivity contribution in [2.24, 2.45) is 5.73 Å². The second-order valence-corrected chi connectivity index (χ2v) is 3.87. The van der Waals surface area contributed by atoms with Gasteiger partial charge in [-0.05, 0) is 30.8 Å². The van der Waals surface area contributed by atoms with Crippen LogP contribution in [0.2, 0.25) is 5.02 Å². The molecule has 1 rings (SSSR count). The van der Waals surface area contributed by atoms with Crippen LogP contribution in [-0.4, -0.2) is 5.11 Å². The molecule has 3 N–H and O–H groups in total.